The lowest BCUT2D eigenvalue weighted by molar-refractivity contribution is 0.0878. The molecule has 2 aliphatic heterocycles. The Morgan fingerprint density at radius 2 is 0.812 bits per heavy atom. The molecule has 2 aliphatic rings. The van der Waals surface area contributed by atoms with Gasteiger partial charge in [-0.05, 0) is 70.8 Å². The lowest BCUT2D eigenvalue weighted by Crippen LogP contribution is -2.10. The van der Waals surface area contributed by atoms with E-state index in [0.29, 0.717) is 62.6 Å². The Hall–Kier alpha value is -4.93. The summed E-state index contributed by atoms with van der Waals surface area (Å²) >= 11 is 0. The summed E-state index contributed by atoms with van der Waals surface area (Å²) in [5.74, 6) is 4.18. The smallest absolute Gasteiger partial charge is 0.149 e. The summed E-state index contributed by atoms with van der Waals surface area (Å²) in [5, 5.41) is 0. The van der Waals surface area contributed by atoms with Crippen LogP contribution in [0.1, 0.15) is 0 Å². The number of pyridine rings is 1. The molecule has 2 saturated heterocycles. The fourth-order valence-corrected chi connectivity index (χ4v) is 4.90. The van der Waals surface area contributed by atoms with Gasteiger partial charge in [-0.1, -0.05) is 48.5 Å². The third kappa shape index (κ3) is 9.56. The van der Waals surface area contributed by atoms with Gasteiger partial charge >= 0.3 is 0 Å². The topological polar surface area (TPSA) is 93.3 Å². The number of aromatic nitrogens is 1. The molecule has 3 heterocycles. The Kier molecular flexibility index (Phi) is 10.4. The summed E-state index contributed by atoms with van der Waals surface area (Å²) < 4.78 is 45.0. The fourth-order valence-electron chi connectivity index (χ4n) is 4.90. The van der Waals surface area contributed by atoms with Crippen LogP contribution in [0.25, 0.3) is 22.3 Å². The molecular formula is C39H37NO8. The van der Waals surface area contributed by atoms with Crippen molar-refractivity contribution in [2.45, 2.75) is 12.2 Å². The maximum Gasteiger partial charge on any atom is 0.149 e. The van der Waals surface area contributed by atoms with Gasteiger partial charge in [-0.15, -0.1) is 0 Å². The van der Waals surface area contributed by atoms with Crippen molar-refractivity contribution in [3.63, 3.8) is 0 Å². The predicted octanol–water partition coefficient (Wildman–Crippen LogP) is 7.59. The minimum Gasteiger partial charge on any atom is -0.491 e. The van der Waals surface area contributed by atoms with E-state index in [1.807, 2.05) is 103 Å². The van der Waals surface area contributed by atoms with Crippen LogP contribution in [-0.4, -0.2) is 70.0 Å². The van der Waals surface area contributed by atoms with Crippen molar-refractivity contribution in [2.24, 2.45) is 0 Å². The summed E-state index contributed by atoms with van der Waals surface area (Å²) in [5.41, 5.74) is 4.32. The van der Waals surface area contributed by atoms with Gasteiger partial charge in [0.1, 0.15) is 59.9 Å². The van der Waals surface area contributed by atoms with E-state index < -0.39 is 0 Å². The average Bonchev–Trinajstić information content (AvgIpc) is 4.07. The first-order chi connectivity index (χ1) is 23.7. The minimum absolute atomic E-state index is 0.272. The van der Waals surface area contributed by atoms with Gasteiger partial charge in [0.05, 0.1) is 52.0 Å². The van der Waals surface area contributed by atoms with Gasteiger partial charge in [-0.3, -0.25) is 4.98 Å². The van der Waals surface area contributed by atoms with E-state index >= 15 is 0 Å². The summed E-state index contributed by atoms with van der Waals surface area (Å²) in [7, 11) is 0. The van der Waals surface area contributed by atoms with Crippen molar-refractivity contribution >= 4 is 0 Å². The molecule has 4 aromatic carbocycles. The molecule has 2 unspecified atom stereocenters. The van der Waals surface area contributed by atoms with Crippen LogP contribution in [0.5, 0.6) is 34.5 Å². The van der Waals surface area contributed by atoms with Gasteiger partial charge in [0.15, 0.2) is 0 Å². The van der Waals surface area contributed by atoms with Gasteiger partial charge in [0.2, 0.25) is 0 Å². The molecule has 9 heteroatoms. The highest BCUT2D eigenvalue weighted by Crippen LogP contribution is 2.31. The summed E-state index contributed by atoms with van der Waals surface area (Å²) in [6.07, 6.45) is 3.87. The van der Waals surface area contributed by atoms with Gasteiger partial charge in [-0.2, -0.15) is 0 Å². The number of epoxide rings is 2. The van der Waals surface area contributed by atoms with Crippen LogP contribution in [0.3, 0.4) is 0 Å². The maximum atomic E-state index is 6.08. The standard InChI is InChI=1S/C39H37NO8/c1-9-32(43-19-17-41-24-38-26-45-38)10-2-28(1)30-5-13-34(14-6-30)47-36-21-37(23-40-22-36)48-35-15-7-31(8-16-35)29-3-11-33(12-4-29)44-20-18-42-25-39-27-46-39/h1-16,21-23,38-39H,17-20,24-27H2. The van der Waals surface area contributed by atoms with E-state index in [4.69, 9.17) is 37.9 Å². The molecule has 0 bridgehead atoms. The molecule has 1 aromatic heterocycles. The van der Waals surface area contributed by atoms with E-state index in [1.54, 1.807) is 12.4 Å². The predicted molar refractivity (Wildman–Crippen MR) is 180 cm³/mol. The van der Waals surface area contributed by atoms with E-state index in [1.165, 1.54) is 0 Å². The molecule has 0 radical (unpaired) electrons. The van der Waals surface area contributed by atoms with Crippen LogP contribution in [0.15, 0.2) is 116 Å². The fraction of sp³-hybridized carbons (Fsp3) is 0.256. The first kappa shape index (κ1) is 31.7. The van der Waals surface area contributed by atoms with Crippen LogP contribution in [-0.2, 0) is 18.9 Å². The third-order valence-electron chi connectivity index (χ3n) is 7.65. The van der Waals surface area contributed by atoms with Gasteiger partial charge in [-0.25, -0.2) is 0 Å². The van der Waals surface area contributed by atoms with Gasteiger partial charge in [0, 0.05) is 6.07 Å². The number of hydrogen-bond donors (Lipinski definition) is 0. The molecule has 7 rings (SSSR count). The van der Waals surface area contributed by atoms with Crippen LogP contribution < -0.4 is 18.9 Å². The van der Waals surface area contributed by atoms with E-state index in [9.17, 15) is 0 Å². The summed E-state index contributed by atoms with van der Waals surface area (Å²) in [6.45, 7) is 4.97. The molecule has 0 aliphatic carbocycles. The van der Waals surface area contributed by atoms with E-state index in [0.717, 1.165) is 47.0 Å². The van der Waals surface area contributed by atoms with Crippen molar-refractivity contribution in [3.05, 3.63) is 116 Å². The van der Waals surface area contributed by atoms with Crippen LogP contribution >= 0.6 is 0 Å². The van der Waals surface area contributed by atoms with Crippen molar-refractivity contribution in [1.82, 2.24) is 4.98 Å². The van der Waals surface area contributed by atoms with Crippen LogP contribution in [0.2, 0.25) is 0 Å². The lowest BCUT2D eigenvalue weighted by atomic mass is 10.1. The molecule has 9 nitrogen and oxygen atoms in total. The quantitative estimate of drug-likeness (QED) is 0.0705. The lowest BCUT2D eigenvalue weighted by Gasteiger charge is -2.11. The largest absolute Gasteiger partial charge is 0.491 e. The normalized spacial score (nSPS) is 16.2. The number of nitrogens with zero attached hydrogens (tertiary/aromatic N) is 1. The zero-order valence-corrected chi connectivity index (χ0v) is 26.5. The van der Waals surface area contributed by atoms with Crippen molar-refractivity contribution in [1.29, 1.82) is 0 Å². The van der Waals surface area contributed by atoms with Crippen molar-refractivity contribution < 1.29 is 37.9 Å². The van der Waals surface area contributed by atoms with E-state index in [-0.39, 0.29) is 12.2 Å². The monoisotopic (exact) mass is 647 g/mol. The molecule has 2 atom stereocenters. The first-order valence-electron chi connectivity index (χ1n) is 16.1. The van der Waals surface area contributed by atoms with Gasteiger partial charge < -0.3 is 37.9 Å². The first-order valence-corrected chi connectivity index (χ1v) is 16.1. The minimum atomic E-state index is 0.272. The number of ether oxygens (including phenoxy) is 8. The van der Waals surface area contributed by atoms with Crippen molar-refractivity contribution in [2.75, 3.05) is 52.9 Å². The summed E-state index contributed by atoms with van der Waals surface area (Å²) in [6, 6.07) is 33.7. The Labute approximate surface area is 279 Å². The Balaban J connectivity index is 0.870. The molecule has 2 fully saturated rings. The zero-order chi connectivity index (χ0) is 32.4. The second kappa shape index (κ2) is 15.8. The Morgan fingerprint density at radius 1 is 0.458 bits per heavy atom. The molecule has 48 heavy (non-hydrogen) atoms. The molecular weight excluding hydrogens is 610 g/mol. The molecule has 5 aromatic rings. The molecule has 0 spiro atoms. The zero-order valence-electron chi connectivity index (χ0n) is 26.5. The second-order valence-corrected chi connectivity index (χ2v) is 11.4. The Bertz CT molecular complexity index is 1590. The molecule has 0 amide bonds. The summed E-state index contributed by atoms with van der Waals surface area (Å²) in [4.78, 5) is 4.31. The molecule has 0 saturated carbocycles. The number of rotatable bonds is 18. The van der Waals surface area contributed by atoms with Gasteiger partial charge in [0.25, 0.3) is 0 Å². The Morgan fingerprint density at radius 3 is 1.17 bits per heavy atom. The maximum absolute atomic E-state index is 6.08. The molecule has 0 N–H and O–H groups in total. The third-order valence-corrected chi connectivity index (χ3v) is 7.65. The highest BCUT2D eigenvalue weighted by molar-refractivity contribution is 5.66. The second-order valence-electron chi connectivity index (χ2n) is 11.4. The molecule has 246 valence electrons. The highest BCUT2D eigenvalue weighted by atomic mass is 16.6. The average molecular weight is 648 g/mol. The van der Waals surface area contributed by atoms with Crippen LogP contribution in [0.4, 0.5) is 0 Å². The van der Waals surface area contributed by atoms with Crippen LogP contribution in [0, 0.1) is 0 Å². The highest BCUT2D eigenvalue weighted by Gasteiger charge is 2.22. The SMILES string of the molecule is c1cc(-c2ccc(Oc3cncc(Oc4ccc(-c5ccc(OCCOCC6CO6)cc5)cc4)c3)cc2)ccc1OCCOCC1CO1. The van der Waals surface area contributed by atoms with Crippen molar-refractivity contribution in [3.8, 4) is 56.8 Å². The number of hydrogen-bond acceptors (Lipinski definition) is 9. The van der Waals surface area contributed by atoms with E-state index in [2.05, 4.69) is 4.98 Å². The number of benzene rings is 4.